The van der Waals surface area contributed by atoms with Crippen LogP contribution in [0.2, 0.25) is 0 Å². The molecule has 1 heterocycles. The van der Waals surface area contributed by atoms with E-state index in [2.05, 4.69) is 10.4 Å². The lowest BCUT2D eigenvalue weighted by molar-refractivity contribution is 0.569. The van der Waals surface area contributed by atoms with E-state index in [4.69, 9.17) is 0 Å². The van der Waals surface area contributed by atoms with Crippen molar-refractivity contribution in [3.8, 4) is 0 Å². The number of aryl methyl sites for hydroxylation is 1. The van der Waals surface area contributed by atoms with E-state index in [0.29, 0.717) is 5.56 Å². The van der Waals surface area contributed by atoms with Gasteiger partial charge in [-0.15, -0.1) is 0 Å². The van der Waals surface area contributed by atoms with E-state index in [9.17, 15) is 8.78 Å². The molecule has 1 N–H and O–H groups in total. The molecular formula is C16H15F2N3. The average Bonchev–Trinajstić information content (AvgIpc) is 2.77. The molecule has 0 bridgehead atoms. The highest BCUT2D eigenvalue weighted by Gasteiger charge is 2.20. The standard InChI is InChI=1S/C16H15F2N3/c1-19-15(10-7-11(17)9-12(18)8-10)16-13-5-3-4-6-14(13)21(2)20-16/h3-9,15,19H,1-2H3. The number of para-hydroxylation sites is 1. The molecule has 1 aromatic heterocycles. The van der Waals surface area contributed by atoms with E-state index in [0.717, 1.165) is 22.7 Å². The first-order valence-electron chi connectivity index (χ1n) is 6.65. The second kappa shape index (κ2) is 5.26. The maximum Gasteiger partial charge on any atom is 0.126 e. The summed E-state index contributed by atoms with van der Waals surface area (Å²) in [5.74, 6) is -1.18. The van der Waals surface area contributed by atoms with Gasteiger partial charge in [-0.05, 0) is 30.8 Å². The maximum atomic E-state index is 13.5. The first-order valence-corrected chi connectivity index (χ1v) is 6.65. The lowest BCUT2D eigenvalue weighted by Crippen LogP contribution is -2.19. The molecule has 3 nitrogen and oxygen atoms in total. The van der Waals surface area contributed by atoms with Crippen molar-refractivity contribution < 1.29 is 8.78 Å². The van der Waals surface area contributed by atoms with Crippen LogP contribution in [0.4, 0.5) is 8.78 Å². The van der Waals surface area contributed by atoms with Gasteiger partial charge >= 0.3 is 0 Å². The summed E-state index contributed by atoms with van der Waals surface area (Å²) >= 11 is 0. The molecule has 108 valence electrons. The van der Waals surface area contributed by atoms with Crippen LogP contribution in [0.1, 0.15) is 17.3 Å². The molecule has 2 aromatic carbocycles. The fraction of sp³-hybridized carbons (Fsp3) is 0.188. The van der Waals surface area contributed by atoms with Gasteiger partial charge in [0.25, 0.3) is 0 Å². The third kappa shape index (κ3) is 2.40. The van der Waals surface area contributed by atoms with Crippen molar-refractivity contribution in [2.75, 3.05) is 7.05 Å². The molecule has 0 amide bonds. The number of nitrogens with zero attached hydrogens (tertiary/aromatic N) is 2. The van der Waals surface area contributed by atoms with E-state index in [1.165, 1.54) is 12.1 Å². The zero-order valence-electron chi connectivity index (χ0n) is 11.8. The molecule has 3 rings (SSSR count). The number of nitrogens with one attached hydrogen (secondary N) is 1. The van der Waals surface area contributed by atoms with Gasteiger partial charge in [0.1, 0.15) is 11.6 Å². The van der Waals surface area contributed by atoms with Gasteiger partial charge < -0.3 is 5.32 Å². The van der Waals surface area contributed by atoms with E-state index in [-0.39, 0.29) is 6.04 Å². The Bertz CT molecular complexity index is 775. The minimum Gasteiger partial charge on any atom is -0.308 e. The van der Waals surface area contributed by atoms with Gasteiger partial charge in [0.2, 0.25) is 0 Å². The first-order chi connectivity index (χ1) is 10.1. The Kier molecular flexibility index (Phi) is 3.43. The van der Waals surface area contributed by atoms with Crippen LogP contribution in [0.25, 0.3) is 10.9 Å². The fourth-order valence-electron chi connectivity index (χ4n) is 2.66. The molecule has 0 spiro atoms. The highest BCUT2D eigenvalue weighted by atomic mass is 19.1. The molecule has 0 aliphatic heterocycles. The summed E-state index contributed by atoms with van der Waals surface area (Å²) in [5.41, 5.74) is 2.24. The molecule has 0 saturated heterocycles. The van der Waals surface area contributed by atoms with Crippen LogP contribution in [-0.2, 0) is 7.05 Å². The lowest BCUT2D eigenvalue weighted by Gasteiger charge is -2.15. The Morgan fingerprint density at radius 1 is 1.10 bits per heavy atom. The fourth-order valence-corrected chi connectivity index (χ4v) is 2.66. The van der Waals surface area contributed by atoms with Crippen LogP contribution in [-0.4, -0.2) is 16.8 Å². The predicted octanol–water partition coefficient (Wildman–Crippen LogP) is 3.16. The largest absolute Gasteiger partial charge is 0.308 e. The Hall–Kier alpha value is -2.27. The summed E-state index contributed by atoms with van der Waals surface area (Å²) in [4.78, 5) is 0. The smallest absolute Gasteiger partial charge is 0.126 e. The van der Waals surface area contributed by atoms with Gasteiger partial charge in [0.15, 0.2) is 0 Å². The predicted molar refractivity (Wildman–Crippen MR) is 78.0 cm³/mol. The first kappa shape index (κ1) is 13.7. The van der Waals surface area contributed by atoms with Crippen LogP contribution in [0.3, 0.4) is 0 Å². The molecule has 0 fully saturated rings. The number of fused-ring (bicyclic) bond motifs is 1. The highest BCUT2D eigenvalue weighted by molar-refractivity contribution is 5.82. The second-order valence-corrected chi connectivity index (χ2v) is 4.95. The maximum absolute atomic E-state index is 13.5. The summed E-state index contributed by atoms with van der Waals surface area (Å²) in [5, 5.41) is 8.55. The molecule has 21 heavy (non-hydrogen) atoms. The Morgan fingerprint density at radius 3 is 2.43 bits per heavy atom. The van der Waals surface area contributed by atoms with Gasteiger partial charge in [-0.25, -0.2) is 8.78 Å². The zero-order chi connectivity index (χ0) is 15.0. The van der Waals surface area contributed by atoms with Crippen molar-refractivity contribution in [3.05, 3.63) is 65.4 Å². The molecule has 1 atom stereocenters. The van der Waals surface area contributed by atoms with Gasteiger partial charge in [0.05, 0.1) is 17.3 Å². The van der Waals surface area contributed by atoms with Crippen LogP contribution in [0.15, 0.2) is 42.5 Å². The van der Waals surface area contributed by atoms with Crippen molar-refractivity contribution in [2.24, 2.45) is 7.05 Å². The molecule has 0 aliphatic carbocycles. The number of rotatable bonds is 3. The Balaban J connectivity index is 2.18. The van der Waals surface area contributed by atoms with Crippen LogP contribution < -0.4 is 5.32 Å². The highest BCUT2D eigenvalue weighted by Crippen LogP contribution is 2.28. The van der Waals surface area contributed by atoms with Crippen molar-refractivity contribution >= 4 is 10.9 Å². The minimum absolute atomic E-state index is 0.374. The van der Waals surface area contributed by atoms with Crippen molar-refractivity contribution in [2.45, 2.75) is 6.04 Å². The average molecular weight is 287 g/mol. The summed E-state index contributed by atoms with van der Waals surface area (Å²) in [6, 6.07) is 10.9. The lowest BCUT2D eigenvalue weighted by atomic mass is 10.0. The summed E-state index contributed by atoms with van der Waals surface area (Å²) in [6.07, 6.45) is 0. The summed E-state index contributed by atoms with van der Waals surface area (Å²) < 4.78 is 28.7. The van der Waals surface area contributed by atoms with Crippen molar-refractivity contribution in [1.82, 2.24) is 15.1 Å². The van der Waals surface area contributed by atoms with Crippen molar-refractivity contribution in [1.29, 1.82) is 0 Å². The van der Waals surface area contributed by atoms with Crippen LogP contribution in [0, 0.1) is 11.6 Å². The van der Waals surface area contributed by atoms with Crippen LogP contribution in [0.5, 0.6) is 0 Å². The van der Waals surface area contributed by atoms with Gasteiger partial charge in [-0.3, -0.25) is 4.68 Å². The monoisotopic (exact) mass is 287 g/mol. The summed E-state index contributed by atoms with van der Waals surface area (Å²) in [7, 11) is 3.60. The van der Waals surface area contributed by atoms with Gasteiger partial charge in [-0.2, -0.15) is 5.10 Å². The van der Waals surface area contributed by atoms with E-state index >= 15 is 0 Å². The number of aromatic nitrogens is 2. The number of benzene rings is 2. The van der Waals surface area contributed by atoms with E-state index in [1.807, 2.05) is 31.3 Å². The quantitative estimate of drug-likeness (QED) is 0.802. The third-order valence-corrected chi connectivity index (χ3v) is 3.57. The van der Waals surface area contributed by atoms with Gasteiger partial charge in [0, 0.05) is 18.5 Å². The Labute approximate surface area is 121 Å². The molecule has 0 radical (unpaired) electrons. The molecule has 3 aromatic rings. The molecule has 5 heteroatoms. The van der Waals surface area contributed by atoms with Gasteiger partial charge in [-0.1, -0.05) is 18.2 Å². The Morgan fingerprint density at radius 2 is 1.76 bits per heavy atom. The molecule has 1 unspecified atom stereocenters. The van der Waals surface area contributed by atoms with E-state index < -0.39 is 11.6 Å². The van der Waals surface area contributed by atoms with Crippen molar-refractivity contribution in [3.63, 3.8) is 0 Å². The zero-order valence-corrected chi connectivity index (χ0v) is 11.8. The normalized spacial score (nSPS) is 12.8. The van der Waals surface area contributed by atoms with E-state index in [1.54, 1.807) is 11.7 Å². The topological polar surface area (TPSA) is 29.9 Å². The summed E-state index contributed by atoms with van der Waals surface area (Å²) in [6.45, 7) is 0. The second-order valence-electron chi connectivity index (χ2n) is 4.95. The number of hydrogen-bond acceptors (Lipinski definition) is 2. The van der Waals surface area contributed by atoms with Crippen LogP contribution >= 0.6 is 0 Å². The SMILES string of the molecule is CNC(c1cc(F)cc(F)c1)c1nn(C)c2ccccc12. The number of hydrogen-bond donors (Lipinski definition) is 1. The minimum atomic E-state index is -0.592. The molecular weight excluding hydrogens is 272 g/mol. The third-order valence-electron chi connectivity index (χ3n) is 3.57. The number of halogens is 2. The molecule has 0 saturated carbocycles. The molecule has 0 aliphatic rings.